The zero-order chi connectivity index (χ0) is 12.4. The first-order valence-electron chi connectivity index (χ1n) is 6.87. The monoisotopic (exact) mass is 241 g/mol. The number of benzene rings is 1. The second kappa shape index (κ2) is 4.92. The molecule has 1 aromatic carbocycles. The molecule has 1 aliphatic rings. The average molecular weight is 241 g/mol. The van der Waals surface area contributed by atoms with E-state index >= 15 is 0 Å². The van der Waals surface area contributed by atoms with Crippen molar-refractivity contribution in [3.8, 4) is 0 Å². The minimum atomic E-state index is 0.380. The van der Waals surface area contributed by atoms with Gasteiger partial charge in [-0.15, -0.1) is 10.2 Å². The normalized spacial score (nSPS) is 16.3. The molecule has 18 heavy (non-hydrogen) atoms. The summed E-state index contributed by atoms with van der Waals surface area (Å²) in [5, 5.41) is 8.82. The highest BCUT2D eigenvalue weighted by Gasteiger charge is 2.22. The Morgan fingerprint density at radius 1 is 1.17 bits per heavy atom. The van der Waals surface area contributed by atoms with Crippen LogP contribution in [0.3, 0.4) is 0 Å². The van der Waals surface area contributed by atoms with E-state index in [-0.39, 0.29) is 0 Å². The Kier molecular flexibility index (Phi) is 3.13. The van der Waals surface area contributed by atoms with Crippen LogP contribution in [0.25, 0.3) is 0 Å². The maximum Gasteiger partial charge on any atom is 0.140 e. The van der Waals surface area contributed by atoms with Gasteiger partial charge in [0, 0.05) is 18.9 Å². The van der Waals surface area contributed by atoms with Crippen LogP contribution in [0.15, 0.2) is 30.3 Å². The first-order valence-corrected chi connectivity index (χ1v) is 6.87. The molecule has 0 saturated heterocycles. The third-order valence-electron chi connectivity index (χ3n) is 3.81. The van der Waals surface area contributed by atoms with E-state index in [1.54, 1.807) is 0 Å². The maximum atomic E-state index is 4.46. The molecule has 1 aliphatic heterocycles. The third kappa shape index (κ3) is 1.94. The molecular formula is C15H19N3. The summed E-state index contributed by atoms with van der Waals surface area (Å²) in [4.78, 5) is 0. The number of rotatable bonds is 3. The molecule has 94 valence electrons. The molecule has 0 amide bonds. The van der Waals surface area contributed by atoms with Crippen LogP contribution in [-0.4, -0.2) is 14.8 Å². The Morgan fingerprint density at radius 3 is 2.78 bits per heavy atom. The molecule has 2 aromatic rings. The zero-order valence-corrected chi connectivity index (χ0v) is 10.8. The molecule has 0 spiro atoms. The van der Waals surface area contributed by atoms with E-state index in [9.17, 15) is 0 Å². The molecule has 0 N–H and O–H groups in total. The minimum absolute atomic E-state index is 0.380. The van der Waals surface area contributed by atoms with Crippen LogP contribution in [0.2, 0.25) is 0 Å². The summed E-state index contributed by atoms with van der Waals surface area (Å²) in [6.07, 6.45) is 4.66. The van der Waals surface area contributed by atoms with Crippen LogP contribution in [0.4, 0.5) is 0 Å². The van der Waals surface area contributed by atoms with Gasteiger partial charge in [-0.25, -0.2) is 0 Å². The van der Waals surface area contributed by atoms with Crippen LogP contribution >= 0.6 is 0 Å². The standard InChI is InChI=1S/C15H19N3/c1-2-13(12-8-4-3-5-9-12)15-17-16-14-10-6-7-11-18(14)15/h3-5,8-9,13H,2,6-7,10-11H2,1H3. The van der Waals surface area contributed by atoms with Gasteiger partial charge in [-0.1, -0.05) is 37.3 Å². The summed E-state index contributed by atoms with van der Waals surface area (Å²) in [6, 6.07) is 10.7. The molecule has 0 bridgehead atoms. The molecule has 0 aliphatic carbocycles. The molecule has 1 atom stereocenters. The van der Waals surface area contributed by atoms with E-state index in [1.807, 2.05) is 0 Å². The van der Waals surface area contributed by atoms with Gasteiger partial charge in [-0.3, -0.25) is 0 Å². The van der Waals surface area contributed by atoms with E-state index in [2.05, 4.69) is 52.0 Å². The summed E-state index contributed by atoms with van der Waals surface area (Å²) >= 11 is 0. The lowest BCUT2D eigenvalue weighted by molar-refractivity contribution is 0.496. The average Bonchev–Trinajstić information content (AvgIpc) is 2.85. The largest absolute Gasteiger partial charge is 0.314 e. The lowest BCUT2D eigenvalue weighted by Gasteiger charge is -2.19. The van der Waals surface area contributed by atoms with Gasteiger partial charge in [0.1, 0.15) is 11.6 Å². The molecule has 3 heteroatoms. The summed E-state index contributed by atoms with van der Waals surface area (Å²) in [5.74, 6) is 2.70. The molecule has 0 fully saturated rings. The van der Waals surface area contributed by atoms with Crippen molar-refractivity contribution in [1.29, 1.82) is 0 Å². The molecular weight excluding hydrogens is 222 g/mol. The van der Waals surface area contributed by atoms with Crippen LogP contribution in [0, 0.1) is 0 Å². The highest BCUT2D eigenvalue weighted by atomic mass is 15.3. The molecule has 0 saturated carbocycles. The van der Waals surface area contributed by atoms with E-state index in [1.165, 1.54) is 24.2 Å². The van der Waals surface area contributed by atoms with Gasteiger partial charge in [0.15, 0.2) is 0 Å². The van der Waals surface area contributed by atoms with Crippen molar-refractivity contribution in [3.63, 3.8) is 0 Å². The smallest absolute Gasteiger partial charge is 0.140 e. The fraction of sp³-hybridized carbons (Fsp3) is 0.467. The Balaban J connectivity index is 2.00. The van der Waals surface area contributed by atoms with Crippen molar-refractivity contribution in [3.05, 3.63) is 47.5 Å². The Labute approximate surface area is 108 Å². The number of nitrogens with zero attached hydrogens (tertiary/aromatic N) is 3. The maximum absolute atomic E-state index is 4.46. The highest BCUT2D eigenvalue weighted by molar-refractivity contribution is 5.26. The van der Waals surface area contributed by atoms with Crippen molar-refractivity contribution >= 4 is 0 Å². The highest BCUT2D eigenvalue weighted by Crippen LogP contribution is 2.28. The van der Waals surface area contributed by atoms with E-state index in [0.717, 1.165) is 25.2 Å². The third-order valence-corrected chi connectivity index (χ3v) is 3.81. The minimum Gasteiger partial charge on any atom is -0.314 e. The lowest BCUT2D eigenvalue weighted by atomic mass is 9.95. The van der Waals surface area contributed by atoms with Gasteiger partial charge in [0.25, 0.3) is 0 Å². The van der Waals surface area contributed by atoms with Crippen LogP contribution < -0.4 is 0 Å². The quantitative estimate of drug-likeness (QED) is 0.826. The van der Waals surface area contributed by atoms with Gasteiger partial charge in [0.05, 0.1) is 0 Å². The predicted octanol–water partition coefficient (Wildman–Crippen LogP) is 3.16. The van der Waals surface area contributed by atoms with Gasteiger partial charge in [0.2, 0.25) is 0 Å². The van der Waals surface area contributed by atoms with E-state index in [0.29, 0.717) is 5.92 Å². The fourth-order valence-electron chi connectivity index (χ4n) is 2.84. The lowest BCUT2D eigenvalue weighted by Crippen LogP contribution is -2.16. The van der Waals surface area contributed by atoms with Crippen LogP contribution in [0.1, 0.15) is 49.3 Å². The summed E-state index contributed by atoms with van der Waals surface area (Å²) in [5.41, 5.74) is 1.35. The summed E-state index contributed by atoms with van der Waals surface area (Å²) < 4.78 is 2.34. The fourth-order valence-corrected chi connectivity index (χ4v) is 2.84. The SMILES string of the molecule is CCC(c1ccccc1)c1nnc2n1CCCC2. The second-order valence-electron chi connectivity index (χ2n) is 4.95. The molecule has 1 unspecified atom stereocenters. The summed E-state index contributed by atoms with van der Waals surface area (Å²) in [7, 11) is 0. The number of hydrogen-bond acceptors (Lipinski definition) is 2. The van der Waals surface area contributed by atoms with Crippen molar-refractivity contribution in [2.75, 3.05) is 0 Å². The van der Waals surface area contributed by atoms with Gasteiger partial charge in [-0.05, 0) is 24.8 Å². The number of aromatic nitrogens is 3. The summed E-state index contributed by atoms with van der Waals surface area (Å²) in [6.45, 7) is 3.31. The van der Waals surface area contributed by atoms with E-state index < -0.39 is 0 Å². The Hall–Kier alpha value is -1.64. The molecule has 3 nitrogen and oxygen atoms in total. The van der Waals surface area contributed by atoms with Crippen LogP contribution in [0.5, 0.6) is 0 Å². The second-order valence-corrected chi connectivity index (χ2v) is 4.95. The Morgan fingerprint density at radius 2 is 2.00 bits per heavy atom. The topological polar surface area (TPSA) is 30.7 Å². The number of fused-ring (bicyclic) bond motifs is 1. The van der Waals surface area contributed by atoms with E-state index in [4.69, 9.17) is 0 Å². The number of aryl methyl sites for hydroxylation is 1. The molecule has 3 rings (SSSR count). The van der Waals surface area contributed by atoms with Crippen LogP contribution in [-0.2, 0) is 13.0 Å². The van der Waals surface area contributed by atoms with Crippen molar-refractivity contribution in [1.82, 2.24) is 14.8 Å². The molecule has 1 aromatic heterocycles. The predicted molar refractivity (Wildman–Crippen MR) is 71.5 cm³/mol. The van der Waals surface area contributed by atoms with Crippen molar-refractivity contribution in [2.24, 2.45) is 0 Å². The first-order chi connectivity index (χ1) is 8.90. The van der Waals surface area contributed by atoms with Gasteiger partial charge >= 0.3 is 0 Å². The first kappa shape index (κ1) is 11.5. The van der Waals surface area contributed by atoms with Crippen molar-refractivity contribution < 1.29 is 0 Å². The molecule has 0 radical (unpaired) electrons. The zero-order valence-electron chi connectivity index (χ0n) is 10.8. The number of hydrogen-bond donors (Lipinski definition) is 0. The van der Waals surface area contributed by atoms with Crippen molar-refractivity contribution in [2.45, 2.75) is 45.1 Å². The Bertz CT molecular complexity index is 516. The van der Waals surface area contributed by atoms with Gasteiger partial charge < -0.3 is 4.57 Å². The molecule has 2 heterocycles. The van der Waals surface area contributed by atoms with Gasteiger partial charge in [-0.2, -0.15) is 0 Å².